The average Bonchev–Trinajstić information content (AvgIpc) is 3.18. The first-order chi connectivity index (χ1) is 16.0. The Labute approximate surface area is 199 Å². The molecule has 1 amide bonds. The van der Waals surface area contributed by atoms with Gasteiger partial charge < -0.3 is 14.7 Å². The second kappa shape index (κ2) is 10.7. The number of para-hydroxylation sites is 1. The molecule has 1 aromatic carbocycles. The molecule has 0 bridgehead atoms. The number of benzene rings is 1. The van der Waals surface area contributed by atoms with Crippen molar-refractivity contribution in [3.8, 4) is 5.69 Å². The van der Waals surface area contributed by atoms with Crippen LogP contribution in [-0.2, 0) is 11.3 Å². The zero-order valence-electron chi connectivity index (χ0n) is 21.0. The van der Waals surface area contributed by atoms with E-state index in [9.17, 15) is 4.79 Å². The molecule has 33 heavy (non-hydrogen) atoms. The maximum atomic E-state index is 13.6. The fourth-order valence-corrected chi connectivity index (χ4v) is 5.35. The Hall–Kier alpha value is -2.34. The van der Waals surface area contributed by atoms with E-state index in [1.807, 2.05) is 6.07 Å². The molecule has 2 fully saturated rings. The number of piperazine rings is 1. The average molecular weight is 452 g/mol. The van der Waals surface area contributed by atoms with Gasteiger partial charge in [-0.3, -0.25) is 4.79 Å². The van der Waals surface area contributed by atoms with Crippen LogP contribution >= 0.6 is 0 Å². The number of likely N-dealkylation sites (N-methyl/N-ethyl adjacent to an activating group) is 1. The normalized spacial score (nSPS) is 18.2. The van der Waals surface area contributed by atoms with E-state index in [0.717, 1.165) is 62.8 Å². The predicted molar refractivity (Wildman–Crippen MR) is 135 cm³/mol. The molecule has 2 aromatic rings. The van der Waals surface area contributed by atoms with Crippen molar-refractivity contribution in [3.63, 3.8) is 0 Å². The summed E-state index contributed by atoms with van der Waals surface area (Å²) < 4.78 is 2.11. The minimum absolute atomic E-state index is 0.170. The van der Waals surface area contributed by atoms with E-state index in [4.69, 9.17) is 5.10 Å². The summed E-state index contributed by atoms with van der Waals surface area (Å²) >= 11 is 0. The third-order valence-corrected chi connectivity index (χ3v) is 7.47. The summed E-state index contributed by atoms with van der Waals surface area (Å²) in [6.45, 7) is 14.4. The van der Waals surface area contributed by atoms with Crippen molar-refractivity contribution in [3.05, 3.63) is 41.6 Å². The van der Waals surface area contributed by atoms with Crippen molar-refractivity contribution < 1.29 is 4.79 Å². The molecule has 6 heteroatoms. The Bertz CT molecular complexity index is 908. The smallest absolute Gasteiger partial charge is 0.226 e. The van der Waals surface area contributed by atoms with Gasteiger partial charge in [-0.2, -0.15) is 5.10 Å². The van der Waals surface area contributed by atoms with Crippen molar-refractivity contribution in [2.45, 2.75) is 72.4 Å². The van der Waals surface area contributed by atoms with Crippen LogP contribution in [0.1, 0.15) is 64.1 Å². The largest absolute Gasteiger partial charge is 0.354 e. The molecule has 2 aliphatic rings. The summed E-state index contributed by atoms with van der Waals surface area (Å²) in [7, 11) is 0. The van der Waals surface area contributed by atoms with Crippen LogP contribution in [0.2, 0.25) is 0 Å². The lowest BCUT2D eigenvalue weighted by Gasteiger charge is -2.37. The molecule has 1 saturated carbocycles. The van der Waals surface area contributed by atoms with Crippen LogP contribution in [0.15, 0.2) is 30.3 Å². The van der Waals surface area contributed by atoms with E-state index >= 15 is 0 Å². The Morgan fingerprint density at radius 1 is 1.06 bits per heavy atom. The molecule has 180 valence electrons. The van der Waals surface area contributed by atoms with Crippen LogP contribution in [0.4, 0.5) is 5.82 Å². The number of amides is 1. The molecule has 0 unspecified atom stereocenters. The number of hydrogen-bond acceptors (Lipinski definition) is 4. The topological polar surface area (TPSA) is 44.6 Å². The van der Waals surface area contributed by atoms with Crippen LogP contribution < -0.4 is 4.90 Å². The van der Waals surface area contributed by atoms with E-state index < -0.39 is 0 Å². The molecule has 4 rings (SSSR count). The van der Waals surface area contributed by atoms with Crippen LogP contribution in [0.3, 0.4) is 0 Å². The molecular formula is C27H41N5O. The highest BCUT2D eigenvalue weighted by molar-refractivity contribution is 5.79. The molecular weight excluding hydrogens is 410 g/mol. The van der Waals surface area contributed by atoms with Gasteiger partial charge in [0.15, 0.2) is 0 Å². The maximum absolute atomic E-state index is 13.6. The highest BCUT2D eigenvalue weighted by atomic mass is 16.2. The Kier molecular flexibility index (Phi) is 7.74. The molecule has 1 saturated heterocycles. The Balaban J connectivity index is 1.69. The van der Waals surface area contributed by atoms with Gasteiger partial charge in [0.25, 0.3) is 0 Å². The second-order valence-corrected chi connectivity index (χ2v) is 9.95. The van der Waals surface area contributed by atoms with E-state index in [2.05, 4.69) is 71.3 Å². The third kappa shape index (κ3) is 5.26. The fraction of sp³-hybridized carbons (Fsp3) is 0.630. The molecule has 6 nitrogen and oxygen atoms in total. The standard InChI is InChI=1S/C27H41N5O/c1-5-29-16-18-30(19-17-29)26-25(22(4)28-32(26)24-14-10-7-11-15-24)20-31(21(2)3)27(33)23-12-8-6-9-13-23/h7,10-11,14-15,21,23H,5-6,8-9,12-13,16-20H2,1-4H3. The van der Waals surface area contributed by atoms with Crippen LogP contribution in [-0.4, -0.2) is 64.3 Å². The van der Waals surface area contributed by atoms with Gasteiger partial charge in [0.1, 0.15) is 5.82 Å². The minimum atomic E-state index is 0.170. The van der Waals surface area contributed by atoms with E-state index in [-0.39, 0.29) is 12.0 Å². The summed E-state index contributed by atoms with van der Waals surface area (Å²) in [5.41, 5.74) is 3.30. The predicted octanol–water partition coefficient (Wildman–Crippen LogP) is 4.64. The van der Waals surface area contributed by atoms with Crippen molar-refractivity contribution in [2.75, 3.05) is 37.6 Å². The van der Waals surface area contributed by atoms with Gasteiger partial charge in [-0.05, 0) is 52.3 Å². The summed E-state index contributed by atoms with van der Waals surface area (Å²) in [4.78, 5) is 20.7. The molecule has 1 aliphatic carbocycles. The molecule has 0 spiro atoms. The Morgan fingerprint density at radius 2 is 1.73 bits per heavy atom. The molecule has 0 atom stereocenters. The fourth-order valence-electron chi connectivity index (χ4n) is 5.35. The lowest BCUT2D eigenvalue weighted by Crippen LogP contribution is -2.47. The first-order valence-corrected chi connectivity index (χ1v) is 12.9. The van der Waals surface area contributed by atoms with Gasteiger partial charge in [-0.15, -0.1) is 0 Å². The maximum Gasteiger partial charge on any atom is 0.226 e. The monoisotopic (exact) mass is 451 g/mol. The molecule has 2 heterocycles. The SMILES string of the molecule is CCN1CCN(c2c(CN(C(=O)C3CCCCC3)C(C)C)c(C)nn2-c2ccccc2)CC1. The first-order valence-electron chi connectivity index (χ1n) is 12.9. The molecule has 1 aromatic heterocycles. The van der Waals surface area contributed by atoms with Gasteiger partial charge in [0.2, 0.25) is 5.91 Å². The minimum Gasteiger partial charge on any atom is -0.354 e. The number of hydrogen-bond donors (Lipinski definition) is 0. The highest BCUT2D eigenvalue weighted by Gasteiger charge is 2.31. The van der Waals surface area contributed by atoms with E-state index in [1.165, 1.54) is 24.8 Å². The lowest BCUT2D eigenvalue weighted by molar-refractivity contribution is -0.139. The van der Waals surface area contributed by atoms with Gasteiger partial charge in [-0.25, -0.2) is 4.68 Å². The van der Waals surface area contributed by atoms with Gasteiger partial charge in [0, 0.05) is 43.7 Å². The second-order valence-electron chi connectivity index (χ2n) is 9.95. The lowest BCUT2D eigenvalue weighted by atomic mass is 9.88. The first kappa shape index (κ1) is 23.8. The molecule has 0 radical (unpaired) electrons. The van der Waals surface area contributed by atoms with Crippen molar-refractivity contribution in [1.82, 2.24) is 19.6 Å². The van der Waals surface area contributed by atoms with Crippen LogP contribution in [0.25, 0.3) is 5.69 Å². The van der Waals surface area contributed by atoms with Crippen molar-refractivity contribution in [2.24, 2.45) is 5.92 Å². The van der Waals surface area contributed by atoms with Gasteiger partial charge in [0.05, 0.1) is 17.9 Å². The number of nitrogens with zero attached hydrogens (tertiary/aromatic N) is 5. The van der Waals surface area contributed by atoms with E-state index in [0.29, 0.717) is 12.5 Å². The van der Waals surface area contributed by atoms with Crippen molar-refractivity contribution in [1.29, 1.82) is 0 Å². The van der Waals surface area contributed by atoms with Crippen molar-refractivity contribution >= 4 is 11.7 Å². The number of anilines is 1. The third-order valence-electron chi connectivity index (χ3n) is 7.47. The number of aryl methyl sites for hydroxylation is 1. The van der Waals surface area contributed by atoms with Crippen LogP contribution in [0, 0.1) is 12.8 Å². The number of aromatic nitrogens is 2. The number of carbonyl (C=O) groups is 1. The highest BCUT2D eigenvalue weighted by Crippen LogP contribution is 2.32. The van der Waals surface area contributed by atoms with Crippen LogP contribution in [0.5, 0.6) is 0 Å². The Morgan fingerprint density at radius 3 is 2.33 bits per heavy atom. The summed E-state index contributed by atoms with van der Waals surface area (Å²) in [6, 6.07) is 10.6. The quantitative estimate of drug-likeness (QED) is 0.615. The summed E-state index contributed by atoms with van der Waals surface area (Å²) in [6.07, 6.45) is 5.70. The molecule has 0 N–H and O–H groups in total. The zero-order chi connectivity index (χ0) is 23.4. The van der Waals surface area contributed by atoms with Gasteiger partial charge in [-0.1, -0.05) is 44.4 Å². The summed E-state index contributed by atoms with van der Waals surface area (Å²) in [5, 5.41) is 5.00. The number of carbonyl (C=O) groups excluding carboxylic acids is 1. The zero-order valence-corrected chi connectivity index (χ0v) is 21.0. The van der Waals surface area contributed by atoms with E-state index in [1.54, 1.807) is 0 Å². The summed E-state index contributed by atoms with van der Waals surface area (Å²) in [5.74, 6) is 1.68. The number of rotatable bonds is 7. The van der Waals surface area contributed by atoms with Gasteiger partial charge >= 0.3 is 0 Å². The molecule has 1 aliphatic heterocycles.